The van der Waals surface area contributed by atoms with Crippen LogP contribution < -0.4 is 11.1 Å². The number of halogens is 1. The predicted octanol–water partition coefficient (Wildman–Crippen LogP) is 3.30. The minimum atomic E-state index is 0.703. The van der Waals surface area contributed by atoms with E-state index in [0.717, 1.165) is 28.2 Å². The van der Waals surface area contributed by atoms with Crippen molar-refractivity contribution in [1.82, 2.24) is 9.78 Å². The molecule has 1 heterocycles. The van der Waals surface area contributed by atoms with Crippen molar-refractivity contribution >= 4 is 33.1 Å². The molecule has 0 aliphatic carbocycles. The predicted molar refractivity (Wildman–Crippen MR) is 74.5 cm³/mol. The summed E-state index contributed by atoms with van der Waals surface area (Å²) in [4.78, 5) is 0. The number of nitrogens with two attached hydrogens (primary N) is 1. The number of anilines is 3. The van der Waals surface area contributed by atoms with Gasteiger partial charge in [0, 0.05) is 16.7 Å². The molecule has 0 bridgehead atoms. The molecule has 0 aliphatic heterocycles. The van der Waals surface area contributed by atoms with Crippen LogP contribution >= 0.6 is 15.9 Å². The third kappa shape index (κ3) is 2.44. The van der Waals surface area contributed by atoms with Gasteiger partial charge in [-0.3, -0.25) is 0 Å². The molecule has 0 unspecified atom stereocenters. The van der Waals surface area contributed by atoms with E-state index in [9.17, 15) is 0 Å². The summed E-state index contributed by atoms with van der Waals surface area (Å²) in [5.74, 6) is 0.854. The van der Waals surface area contributed by atoms with Crippen LogP contribution in [-0.2, 0) is 6.54 Å². The molecule has 1 aromatic carbocycles. The number of nitrogens with one attached hydrogen (secondary N) is 1. The maximum absolute atomic E-state index is 6.00. The molecule has 0 aliphatic rings. The Morgan fingerprint density at radius 1 is 1.35 bits per heavy atom. The minimum Gasteiger partial charge on any atom is -0.394 e. The van der Waals surface area contributed by atoms with Gasteiger partial charge in [0.1, 0.15) is 0 Å². The third-order valence-electron chi connectivity index (χ3n) is 2.58. The van der Waals surface area contributed by atoms with Crippen LogP contribution in [0.2, 0.25) is 0 Å². The van der Waals surface area contributed by atoms with Crippen LogP contribution in [0.15, 0.2) is 28.7 Å². The fraction of sp³-hybridized carbons (Fsp3) is 0.250. The summed E-state index contributed by atoms with van der Waals surface area (Å²) in [5, 5.41) is 7.66. The van der Waals surface area contributed by atoms with Gasteiger partial charge >= 0.3 is 0 Å². The molecule has 0 amide bonds. The van der Waals surface area contributed by atoms with Crippen LogP contribution in [0.4, 0.5) is 17.2 Å². The van der Waals surface area contributed by atoms with E-state index in [2.05, 4.69) is 26.3 Å². The van der Waals surface area contributed by atoms with Crippen LogP contribution in [0, 0.1) is 6.92 Å². The Labute approximate surface area is 109 Å². The fourth-order valence-electron chi connectivity index (χ4n) is 1.63. The van der Waals surface area contributed by atoms with E-state index < -0.39 is 0 Å². The van der Waals surface area contributed by atoms with Crippen molar-refractivity contribution < 1.29 is 0 Å². The van der Waals surface area contributed by atoms with Gasteiger partial charge in [-0.2, -0.15) is 5.10 Å². The second-order valence-corrected chi connectivity index (χ2v) is 4.71. The van der Waals surface area contributed by atoms with E-state index in [0.29, 0.717) is 5.69 Å². The van der Waals surface area contributed by atoms with Crippen molar-refractivity contribution in [2.24, 2.45) is 0 Å². The second-order valence-electron chi connectivity index (χ2n) is 3.80. The molecule has 0 atom stereocenters. The Hall–Kier alpha value is -1.49. The first kappa shape index (κ1) is 12.0. The maximum atomic E-state index is 6.00. The van der Waals surface area contributed by atoms with E-state index in [1.54, 1.807) is 0 Å². The SMILES string of the molecule is CCn1nc(C)c(N)c1Nc1ccc(Br)cc1. The second kappa shape index (κ2) is 4.79. The molecule has 4 nitrogen and oxygen atoms in total. The van der Waals surface area contributed by atoms with E-state index in [1.165, 1.54) is 0 Å². The highest BCUT2D eigenvalue weighted by Gasteiger charge is 2.11. The highest BCUT2D eigenvalue weighted by Crippen LogP contribution is 2.26. The summed E-state index contributed by atoms with van der Waals surface area (Å²) in [6.45, 7) is 4.74. The Morgan fingerprint density at radius 2 is 2.00 bits per heavy atom. The lowest BCUT2D eigenvalue weighted by Gasteiger charge is -2.09. The summed E-state index contributed by atoms with van der Waals surface area (Å²) in [6, 6.07) is 7.95. The number of nitrogen functional groups attached to an aromatic ring is 1. The van der Waals surface area contributed by atoms with Gasteiger partial charge in [-0.1, -0.05) is 15.9 Å². The van der Waals surface area contributed by atoms with Crippen molar-refractivity contribution in [3.63, 3.8) is 0 Å². The zero-order valence-corrected chi connectivity index (χ0v) is 11.5. The highest BCUT2D eigenvalue weighted by atomic mass is 79.9. The largest absolute Gasteiger partial charge is 0.394 e. The molecule has 0 fully saturated rings. The monoisotopic (exact) mass is 294 g/mol. The minimum absolute atomic E-state index is 0.703. The molecule has 0 saturated carbocycles. The molecule has 0 saturated heterocycles. The molecule has 90 valence electrons. The smallest absolute Gasteiger partial charge is 0.152 e. The van der Waals surface area contributed by atoms with Gasteiger partial charge in [0.15, 0.2) is 5.82 Å². The van der Waals surface area contributed by atoms with Crippen LogP contribution in [0.1, 0.15) is 12.6 Å². The fourth-order valence-corrected chi connectivity index (χ4v) is 1.89. The molecule has 3 N–H and O–H groups in total. The molecule has 0 spiro atoms. The molecule has 2 aromatic rings. The first-order valence-corrected chi connectivity index (χ1v) is 6.26. The highest BCUT2D eigenvalue weighted by molar-refractivity contribution is 9.10. The summed E-state index contributed by atoms with van der Waals surface area (Å²) in [5.41, 5.74) is 8.55. The number of hydrogen-bond acceptors (Lipinski definition) is 3. The Kier molecular flexibility index (Phi) is 3.38. The maximum Gasteiger partial charge on any atom is 0.152 e. The Morgan fingerprint density at radius 3 is 2.59 bits per heavy atom. The molecule has 5 heteroatoms. The van der Waals surface area contributed by atoms with E-state index in [1.807, 2.05) is 42.8 Å². The normalized spacial score (nSPS) is 10.5. The Bertz CT molecular complexity index is 516. The van der Waals surface area contributed by atoms with Crippen LogP contribution in [0.5, 0.6) is 0 Å². The topological polar surface area (TPSA) is 55.9 Å². The van der Waals surface area contributed by atoms with Crippen LogP contribution in [-0.4, -0.2) is 9.78 Å². The lowest BCUT2D eigenvalue weighted by atomic mass is 10.3. The van der Waals surface area contributed by atoms with Gasteiger partial charge in [-0.25, -0.2) is 4.68 Å². The van der Waals surface area contributed by atoms with Gasteiger partial charge < -0.3 is 11.1 Å². The lowest BCUT2D eigenvalue weighted by Crippen LogP contribution is -2.04. The molecular weight excluding hydrogens is 280 g/mol. The summed E-state index contributed by atoms with van der Waals surface area (Å²) in [6.07, 6.45) is 0. The van der Waals surface area contributed by atoms with Crippen molar-refractivity contribution in [2.75, 3.05) is 11.1 Å². The van der Waals surface area contributed by atoms with Crippen molar-refractivity contribution in [3.05, 3.63) is 34.4 Å². The van der Waals surface area contributed by atoms with E-state index >= 15 is 0 Å². The quantitative estimate of drug-likeness (QED) is 0.913. The number of aromatic nitrogens is 2. The average molecular weight is 295 g/mol. The van der Waals surface area contributed by atoms with Crippen molar-refractivity contribution in [3.8, 4) is 0 Å². The summed E-state index contributed by atoms with van der Waals surface area (Å²) >= 11 is 3.41. The van der Waals surface area contributed by atoms with Crippen LogP contribution in [0.25, 0.3) is 0 Å². The first-order chi connectivity index (χ1) is 8.11. The van der Waals surface area contributed by atoms with E-state index in [4.69, 9.17) is 5.73 Å². The van der Waals surface area contributed by atoms with E-state index in [-0.39, 0.29) is 0 Å². The third-order valence-corrected chi connectivity index (χ3v) is 3.11. The number of aryl methyl sites for hydroxylation is 2. The van der Waals surface area contributed by atoms with Gasteiger partial charge in [0.2, 0.25) is 0 Å². The zero-order valence-electron chi connectivity index (χ0n) is 9.87. The summed E-state index contributed by atoms with van der Waals surface area (Å²) < 4.78 is 2.92. The molecule has 17 heavy (non-hydrogen) atoms. The number of benzene rings is 1. The average Bonchev–Trinajstić information content (AvgIpc) is 2.59. The van der Waals surface area contributed by atoms with Gasteiger partial charge in [-0.15, -0.1) is 0 Å². The van der Waals surface area contributed by atoms with Crippen LogP contribution in [0.3, 0.4) is 0 Å². The summed E-state index contributed by atoms with van der Waals surface area (Å²) in [7, 11) is 0. The Balaban J connectivity index is 2.32. The molecule has 1 aromatic heterocycles. The molecule has 2 rings (SSSR count). The molecular formula is C12H15BrN4. The standard InChI is InChI=1S/C12H15BrN4/c1-3-17-12(11(14)8(2)16-17)15-10-6-4-9(13)5-7-10/h4-7,15H,3,14H2,1-2H3. The zero-order chi connectivity index (χ0) is 12.4. The first-order valence-electron chi connectivity index (χ1n) is 5.47. The van der Waals surface area contributed by atoms with Gasteiger partial charge in [-0.05, 0) is 38.1 Å². The number of rotatable bonds is 3. The van der Waals surface area contributed by atoms with Crippen molar-refractivity contribution in [1.29, 1.82) is 0 Å². The number of hydrogen-bond donors (Lipinski definition) is 2. The lowest BCUT2D eigenvalue weighted by molar-refractivity contribution is 0.661. The van der Waals surface area contributed by atoms with Crippen molar-refractivity contribution in [2.45, 2.75) is 20.4 Å². The molecule has 0 radical (unpaired) electrons. The van der Waals surface area contributed by atoms with Gasteiger partial charge in [0.25, 0.3) is 0 Å². The number of nitrogens with zero attached hydrogens (tertiary/aromatic N) is 2. The van der Waals surface area contributed by atoms with Gasteiger partial charge in [0.05, 0.1) is 11.4 Å².